The third-order valence-electron chi connectivity index (χ3n) is 5.38. The van der Waals surface area contributed by atoms with Gasteiger partial charge in [0.05, 0.1) is 18.3 Å². The van der Waals surface area contributed by atoms with E-state index in [1.54, 1.807) is 22.8 Å². The molecule has 0 aliphatic carbocycles. The fourth-order valence-electron chi connectivity index (χ4n) is 3.96. The Labute approximate surface area is 170 Å². The molecule has 0 radical (unpaired) electrons. The number of carbonyl (C=O) groups excluding carboxylic acids is 1. The van der Waals surface area contributed by atoms with Crippen LogP contribution < -0.4 is 10.2 Å². The van der Waals surface area contributed by atoms with Crippen molar-refractivity contribution in [3.8, 4) is 22.6 Å². The summed E-state index contributed by atoms with van der Waals surface area (Å²) in [5, 5.41) is 22.5. The quantitative estimate of drug-likeness (QED) is 0.663. The van der Waals surface area contributed by atoms with Crippen molar-refractivity contribution in [2.45, 2.75) is 18.6 Å². The number of hydrogen-bond acceptors (Lipinski definition) is 7. The minimum atomic E-state index is -1.14. The Morgan fingerprint density at radius 2 is 2.13 bits per heavy atom. The molecule has 2 aliphatic rings. The molecule has 4 heterocycles. The number of rotatable bonds is 4. The number of fused-ring (bicyclic) bond motifs is 3. The number of carboxylic acid groups (broad SMARTS) is 1. The highest BCUT2D eigenvalue weighted by Gasteiger charge is 2.47. The van der Waals surface area contributed by atoms with E-state index in [9.17, 15) is 9.59 Å². The molecule has 0 unspecified atom stereocenters. The van der Waals surface area contributed by atoms with Crippen LogP contribution in [0, 0.1) is 0 Å². The molecule has 152 valence electrons. The summed E-state index contributed by atoms with van der Waals surface area (Å²) < 4.78 is 6.90. The normalized spacial score (nSPS) is 19.4. The first-order valence-corrected chi connectivity index (χ1v) is 9.30. The number of hydrogen-bond donors (Lipinski definition) is 2. The number of aromatic nitrogens is 5. The third kappa shape index (κ3) is 2.91. The predicted molar refractivity (Wildman–Crippen MR) is 104 cm³/mol. The largest absolute Gasteiger partial charge is 0.465 e. The zero-order valence-corrected chi connectivity index (χ0v) is 15.9. The van der Waals surface area contributed by atoms with Crippen LogP contribution >= 0.6 is 0 Å². The fraction of sp³-hybridized carbons (Fsp3) is 0.263. The van der Waals surface area contributed by atoms with Crippen LogP contribution in [0.2, 0.25) is 0 Å². The molecule has 2 atom stereocenters. The molecular formula is C19H17N7O4. The van der Waals surface area contributed by atoms with Crippen LogP contribution in [0.1, 0.15) is 5.56 Å². The molecule has 2 aromatic heterocycles. The Kier molecular flexibility index (Phi) is 4.09. The molecule has 0 spiro atoms. The Bertz CT molecular complexity index is 1140. The average Bonchev–Trinajstić information content (AvgIpc) is 3.41. The lowest BCUT2D eigenvalue weighted by atomic mass is 10.0. The van der Waals surface area contributed by atoms with Crippen molar-refractivity contribution in [2.75, 3.05) is 11.4 Å². The van der Waals surface area contributed by atoms with Crippen molar-refractivity contribution in [3.63, 3.8) is 0 Å². The Balaban J connectivity index is 1.39. The minimum Gasteiger partial charge on any atom is -0.465 e. The molecule has 5 rings (SSSR count). The third-order valence-corrected chi connectivity index (χ3v) is 5.38. The van der Waals surface area contributed by atoms with Crippen molar-refractivity contribution in [2.24, 2.45) is 7.05 Å². The number of nitrogens with zero attached hydrogens (tertiary/aromatic N) is 6. The lowest BCUT2D eigenvalue weighted by molar-refractivity contribution is 0.127. The van der Waals surface area contributed by atoms with Gasteiger partial charge in [-0.25, -0.2) is 14.3 Å². The molecule has 11 nitrogen and oxygen atoms in total. The highest BCUT2D eigenvalue weighted by atomic mass is 16.6. The van der Waals surface area contributed by atoms with Crippen LogP contribution in [0.5, 0.6) is 0 Å². The van der Waals surface area contributed by atoms with Gasteiger partial charge in [-0.3, -0.25) is 9.88 Å². The summed E-state index contributed by atoms with van der Waals surface area (Å²) in [6, 6.07) is 9.43. The van der Waals surface area contributed by atoms with E-state index in [1.807, 2.05) is 30.3 Å². The van der Waals surface area contributed by atoms with Crippen LogP contribution in [0.15, 0.2) is 36.5 Å². The summed E-state index contributed by atoms with van der Waals surface area (Å²) in [5.74, 6) is 0.579. The van der Waals surface area contributed by atoms with Gasteiger partial charge in [0.1, 0.15) is 11.8 Å². The number of pyridine rings is 1. The van der Waals surface area contributed by atoms with Gasteiger partial charge in [0.15, 0.2) is 5.82 Å². The van der Waals surface area contributed by atoms with Crippen LogP contribution in [0.3, 0.4) is 0 Å². The van der Waals surface area contributed by atoms with Gasteiger partial charge >= 0.3 is 12.2 Å². The number of anilines is 1. The maximum absolute atomic E-state index is 12.3. The van der Waals surface area contributed by atoms with Gasteiger partial charge in [0, 0.05) is 18.8 Å². The zero-order valence-electron chi connectivity index (χ0n) is 15.9. The molecule has 1 fully saturated rings. The highest BCUT2D eigenvalue weighted by molar-refractivity contribution is 5.94. The maximum Gasteiger partial charge on any atom is 0.415 e. The number of nitrogens with one attached hydrogen (secondary N) is 1. The SMILES string of the molecule is Cn1nnnc1-c1ccc(-c2ccc3c(c2)C[C@H]2[C@H](CNC(=O)O)OC(=O)N32)cn1. The molecule has 2 aliphatic heterocycles. The van der Waals surface area contributed by atoms with E-state index in [1.165, 1.54) is 0 Å². The maximum atomic E-state index is 12.3. The summed E-state index contributed by atoms with van der Waals surface area (Å²) in [6.45, 7) is 0.0609. The number of benzene rings is 1. The molecule has 1 aromatic carbocycles. The highest BCUT2D eigenvalue weighted by Crippen LogP contribution is 2.40. The first kappa shape index (κ1) is 18.0. The standard InChI is InChI=1S/C19H17N7O4/c1-25-17(22-23-24-25)13-4-2-11(8-20-13)10-3-5-14-12(6-10)7-15-16(9-21-18(27)28)30-19(29)26(14)15/h2-6,8,15-16,21H,7,9H2,1H3,(H,27,28)/t15-,16-/m0/s1. The van der Waals surface area contributed by atoms with E-state index in [0.717, 1.165) is 22.4 Å². The van der Waals surface area contributed by atoms with Crippen molar-refractivity contribution in [1.29, 1.82) is 0 Å². The number of carbonyl (C=O) groups is 2. The Hall–Kier alpha value is -4.02. The van der Waals surface area contributed by atoms with Crippen molar-refractivity contribution in [3.05, 3.63) is 42.1 Å². The summed E-state index contributed by atoms with van der Waals surface area (Å²) in [5.41, 5.74) is 4.37. The number of tetrazole rings is 1. The lowest BCUT2D eigenvalue weighted by Gasteiger charge is -2.16. The second-order valence-electron chi connectivity index (χ2n) is 7.15. The Morgan fingerprint density at radius 3 is 2.83 bits per heavy atom. The fourth-order valence-corrected chi connectivity index (χ4v) is 3.96. The van der Waals surface area contributed by atoms with Crippen molar-refractivity contribution < 1.29 is 19.4 Å². The van der Waals surface area contributed by atoms with Gasteiger partial charge in [-0.1, -0.05) is 12.1 Å². The molecule has 3 aromatic rings. The van der Waals surface area contributed by atoms with E-state index in [0.29, 0.717) is 17.9 Å². The summed E-state index contributed by atoms with van der Waals surface area (Å²) in [7, 11) is 1.75. The second kappa shape index (κ2) is 6.79. The number of aryl methyl sites for hydroxylation is 1. The van der Waals surface area contributed by atoms with Crippen molar-refractivity contribution >= 4 is 17.9 Å². The number of ether oxygens (including phenoxy) is 1. The average molecular weight is 407 g/mol. The van der Waals surface area contributed by atoms with Crippen LogP contribution in [-0.4, -0.2) is 61.2 Å². The smallest absolute Gasteiger partial charge is 0.415 e. The van der Waals surface area contributed by atoms with Gasteiger partial charge < -0.3 is 15.2 Å². The molecule has 2 N–H and O–H groups in total. The van der Waals surface area contributed by atoms with E-state index in [4.69, 9.17) is 9.84 Å². The molecule has 0 saturated carbocycles. The first-order valence-electron chi connectivity index (χ1n) is 9.30. The van der Waals surface area contributed by atoms with Crippen LogP contribution in [0.25, 0.3) is 22.6 Å². The second-order valence-corrected chi connectivity index (χ2v) is 7.15. The zero-order chi connectivity index (χ0) is 20.8. The molecule has 0 bridgehead atoms. The van der Waals surface area contributed by atoms with Crippen LogP contribution in [-0.2, 0) is 18.2 Å². The lowest BCUT2D eigenvalue weighted by Crippen LogP contribution is -2.40. The molecule has 2 amide bonds. The van der Waals surface area contributed by atoms with Crippen molar-refractivity contribution in [1.82, 2.24) is 30.5 Å². The predicted octanol–water partition coefficient (Wildman–Crippen LogP) is 1.46. The number of amides is 2. The van der Waals surface area contributed by atoms with E-state index < -0.39 is 18.3 Å². The molecule has 11 heteroatoms. The molecular weight excluding hydrogens is 390 g/mol. The summed E-state index contributed by atoms with van der Waals surface area (Å²) in [6.07, 6.45) is 0.236. The van der Waals surface area contributed by atoms with E-state index in [2.05, 4.69) is 25.8 Å². The van der Waals surface area contributed by atoms with Gasteiger partial charge in [0.25, 0.3) is 0 Å². The van der Waals surface area contributed by atoms with Crippen LogP contribution in [0.4, 0.5) is 15.3 Å². The first-order chi connectivity index (χ1) is 14.5. The van der Waals surface area contributed by atoms with E-state index in [-0.39, 0.29) is 12.6 Å². The van der Waals surface area contributed by atoms with Gasteiger partial charge in [-0.05, 0) is 46.2 Å². The van der Waals surface area contributed by atoms with Gasteiger partial charge in [-0.2, -0.15) is 0 Å². The summed E-state index contributed by atoms with van der Waals surface area (Å²) >= 11 is 0. The minimum absolute atomic E-state index is 0.0609. The van der Waals surface area contributed by atoms with E-state index >= 15 is 0 Å². The number of cyclic esters (lactones) is 1. The topological polar surface area (TPSA) is 135 Å². The monoisotopic (exact) mass is 407 g/mol. The molecule has 1 saturated heterocycles. The van der Waals surface area contributed by atoms with Gasteiger partial charge in [0.2, 0.25) is 0 Å². The Morgan fingerprint density at radius 1 is 1.30 bits per heavy atom. The van der Waals surface area contributed by atoms with Gasteiger partial charge in [-0.15, -0.1) is 5.10 Å². The summed E-state index contributed by atoms with van der Waals surface area (Å²) in [4.78, 5) is 29.2. The molecule has 30 heavy (non-hydrogen) atoms.